The highest BCUT2D eigenvalue weighted by Crippen LogP contribution is 2.33. The first-order valence-corrected chi connectivity index (χ1v) is 11.4. The van der Waals surface area contributed by atoms with E-state index < -0.39 is 5.97 Å². The quantitative estimate of drug-likeness (QED) is 0.460. The fourth-order valence-corrected chi connectivity index (χ4v) is 5.21. The zero-order valence-electron chi connectivity index (χ0n) is 17.2. The van der Waals surface area contributed by atoms with Crippen molar-refractivity contribution in [1.82, 2.24) is 4.98 Å². The van der Waals surface area contributed by atoms with E-state index >= 15 is 0 Å². The maximum atomic E-state index is 9.00. The Labute approximate surface area is 189 Å². The molecule has 0 bridgehead atoms. The van der Waals surface area contributed by atoms with Crippen LogP contribution in [0.4, 0.5) is 0 Å². The lowest BCUT2D eigenvalue weighted by molar-refractivity contribution is -0.134. The molecule has 6 heteroatoms. The van der Waals surface area contributed by atoms with E-state index in [4.69, 9.17) is 14.6 Å². The molecule has 0 radical (unpaired) electrons. The van der Waals surface area contributed by atoms with Gasteiger partial charge in [-0.25, -0.2) is 4.98 Å². The number of nitrogens with zero attached hydrogens (tertiary/aromatic N) is 1. The fraction of sp³-hybridized carbons (Fsp3) is 0.250. The lowest BCUT2D eigenvalue weighted by Gasteiger charge is -2.13. The zero-order valence-corrected chi connectivity index (χ0v) is 19.6. The van der Waals surface area contributed by atoms with Gasteiger partial charge in [0, 0.05) is 34.3 Å². The minimum absolute atomic E-state index is 0.527. The van der Waals surface area contributed by atoms with Crippen molar-refractivity contribution in [2.45, 2.75) is 38.7 Å². The summed E-state index contributed by atoms with van der Waals surface area (Å²) >= 11 is 5.46. The maximum absolute atomic E-state index is 9.00. The van der Waals surface area contributed by atoms with Crippen molar-refractivity contribution in [3.63, 3.8) is 0 Å². The highest BCUT2D eigenvalue weighted by Gasteiger charge is 2.13. The van der Waals surface area contributed by atoms with Gasteiger partial charge < -0.3 is 9.84 Å². The van der Waals surface area contributed by atoms with Gasteiger partial charge in [-0.1, -0.05) is 34.1 Å². The van der Waals surface area contributed by atoms with Gasteiger partial charge in [0.15, 0.2) is 0 Å². The molecule has 0 atom stereocenters. The highest BCUT2D eigenvalue weighted by molar-refractivity contribution is 9.10. The minimum atomic E-state index is -0.833. The molecular weight excluding hydrogens is 462 g/mol. The molecule has 30 heavy (non-hydrogen) atoms. The number of ether oxygens (including phenoxy) is 1. The largest absolute Gasteiger partial charge is 0.481 e. The first-order chi connectivity index (χ1) is 14.3. The van der Waals surface area contributed by atoms with E-state index in [0.717, 1.165) is 29.1 Å². The molecule has 0 saturated carbocycles. The second-order valence-electron chi connectivity index (χ2n) is 7.15. The van der Waals surface area contributed by atoms with Crippen LogP contribution in [0.1, 0.15) is 29.2 Å². The molecule has 156 valence electrons. The Kier molecular flexibility index (Phi) is 7.56. The zero-order chi connectivity index (χ0) is 21.7. The van der Waals surface area contributed by atoms with Gasteiger partial charge in [-0.2, -0.15) is 0 Å². The van der Waals surface area contributed by atoms with Crippen LogP contribution >= 0.6 is 27.7 Å². The second kappa shape index (κ2) is 10.1. The molecule has 2 heterocycles. The molecule has 0 saturated heterocycles. The van der Waals surface area contributed by atoms with Crippen LogP contribution in [0, 0.1) is 13.8 Å². The average molecular weight is 486 g/mol. The highest BCUT2D eigenvalue weighted by atomic mass is 79.9. The van der Waals surface area contributed by atoms with Crippen molar-refractivity contribution in [1.29, 1.82) is 0 Å². The second-order valence-corrected chi connectivity index (χ2v) is 9.20. The Morgan fingerprint density at radius 2 is 1.90 bits per heavy atom. The number of carboxylic acids is 1. The van der Waals surface area contributed by atoms with E-state index in [9.17, 15) is 0 Å². The molecule has 0 spiro atoms. The van der Waals surface area contributed by atoms with Gasteiger partial charge in [0.1, 0.15) is 6.61 Å². The van der Waals surface area contributed by atoms with Crippen LogP contribution < -0.4 is 4.74 Å². The Bertz CT molecular complexity index is 1040. The van der Waals surface area contributed by atoms with Crippen LogP contribution in [-0.2, 0) is 17.8 Å². The molecule has 0 aliphatic carbocycles. The summed E-state index contributed by atoms with van der Waals surface area (Å²) in [6.45, 7) is 5.92. The number of rotatable bonds is 4. The van der Waals surface area contributed by atoms with Gasteiger partial charge >= 0.3 is 0 Å². The lowest BCUT2D eigenvalue weighted by atomic mass is 9.95. The number of carboxylic acid groups (broad SMARTS) is 1. The monoisotopic (exact) mass is 485 g/mol. The van der Waals surface area contributed by atoms with Crippen LogP contribution in [0.2, 0.25) is 0 Å². The van der Waals surface area contributed by atoms with Crippen molar-refractivity contribution in [3.05, 3.63) is 75.4 Å². The number of aryl methyl sites for hydroxylation is 3. The number of fused-ring (bicyclic) bond motifs is 1. The van der Waals surface area contributed by atoms with Crippen molar-refractivity contribution >= 4 is 33.7 Å². The number of halogens is 1. The van der Waals surface area contributed by atoms with Gasteiger partial charge in [-0.05, 0) is 71.8 Å². The fourth-order valence-electron chi connectivity index (χ4n) is 3.46. The molecule has 4 rings (SSSR count). The Balaban J connectivity index is 0.000000589. The minimum Gasteiger partial charge on any atom is -0.481 e. The number of aromatic nitrogens is 1. The molecule has 1 aliphatic rings. The van der Waals surface area contributed by atoms with E-state index in [1.165, 1.54) is 32.7 Å². The number of thioether (sulfide) groups is 1. The molecule has 1 N–H and O–H groups in total. The summed E-state index contributed by atoms with van der Waals surface area (Å²) in [6.07, 6.45) is 3.07. The molecule has 0 amide bonds. The Morgan fingerprint density at radius 3 is 2.60 bits per heavy atom. The summed E-state index contributed by atoms with van der Waals surface area (Å²) in [4.78, 5) is 14.8. The average Bonchev–Trinajstić information content (AvgIpc) is 3.13. The number of hydrogen-bond donors (Lipinski definition) is 1. The molecule has 2 aromatic carbocycles. The lowest BCUT2D eigenvalue weighted by Crippen LogP contribution is -1.98. The molecule has 0 fully saturated rings. The normalized spacial score (nSPS) is 12.0. The third kappa shape index (κ3) is 5.86. The summed E-state index contributed by atoms with van der Waals surface area (Å²) in [5.41, 5.74) is 7.55. The van der Waals surface area contributed by atoms with E-state index in [-0.39, 0.29) is 0 Å². The van der Waals surface area contributed by atoms with E-state index in [1.807, 2.05) is 18.0 Å². The predicted octanol–water partition coefficient (Wildman–Crippen LogP) is 6.45. The van der Waals surface area contributed by atoms with Crippen molar-refractivity contribution in [2.75, 3.05) is 5.75 Å². The Hall–Kier alpha value is -2.31. The topological polar surface area (TPSA) is 59.4 Å². The summed E-state index contributed by atoms with van der Waals surface area (Å²) in [5.74, 6) is 1.02. The van der Waals surface area contributed by atoms with Crippen LogP contribution in [0.3, 0.4) is 0 Å². The van der Waals surface area contributed by atoms with Crippen LogP contribution in [0.5, 0.6) is 5.88 Å². The van der Waals surface area contributed by atoms with Crippen molar-refractivity contribution in [2.24, 2.45) is 0 Å². The van der Waals surface area contributed by atoms with Gasteiger partial charge in [0.05, 0.1) is 0 Å². The number of pyridine rings is 1. The molecule has 1 aliphatic heterocycles. The first-order valence-electron chi connectivity index (χ1n) is 9.63. The molecule has 3 aromatic rings. The van der Waals surface area contributed by atoms with Crippen LogP contribution in [0.15, 0.2) is 58.0 Å². The van der Waals surface area contributed by atoms with Gasteiger partial charge in [0.2, 0.25) is 5.88 Å². The number of carbonyl (C=O) groups is 1. The molecule has 1 aromatic heterocycles. The Morgan fingerprint density at radius 1 is 1.20 bits per heavy atom. The van der Waals surface area contributed by atoms with Crippen molar-refractivity contribution in [3.8, 4) is 17.0 Å². The molecular formula is C24H24BrNO3S. The summed E-state index contributed by atoms with van der Waals surface area (Å²) in [7, 11) is 0. The SMILES string of the molecule is CC(=O)O.Cc1cc(Br)cc(C)c1-c1cccc(COc2cc3c(cn2)CCS3)c1. The smallest absolute Gasteiger partial charge is 0.300 e. The summed E-state index contributed by atoms with van der Waals surface area (Å²) < 4.78 is 7.08. The number of hydrogen-bond acceptors (Lipinski definition) is 4. The van der Waals surface area contributed by atoms with E-state index in [0.29, 0.717) is 12.5 Å². The molecule has 0 unspecified atom stereocenters. The third-order valence-corrected chi connectivity index (χ3v) is 6.20. The first kappa shape index (κ1) is 22.4. The standard InChI is InChI=1S/C22H20BrNOS.C2H4O2/c1-14-8-19(23)9-15(2)22(14)17-5-3-4-16(10-17)13-25-21-11-20-18(12-24-21)6-7-26-20;1-2(3)4/h3-5,8-12H,6-7,13H2,1-2H3;1H3,(H,3,4). The maximum Gasteiger partial charge on any atom is 0.300 e. The van der Waals surface area contributed by atoms with Gasteiger partial charge in [-0.3, -0.25) is 4.79 Å². The van der Waals surface area contributed by atoms with E-state index in [1.54, 1.807) is 0 Å². The van der Waals surface area contributed by atoms with Gasteiger partial charge in [-0.15, -0.1) is 11.8 Å². The summed E-state index contributed by atoms with van der Waals surface area (Å²) in [6, 6.07) is 15.0. The molecule has 4 nitrogen and oxygen atoms in total. The summed E-state index contributed by atoms with van der Waals surface area (Å²) in [5, 5.41) is 7.42. The van der Waals surface area contributed by atoms with E-state index in [2.05, 4.69) is 77.2 Å². The van der Waals surface area contributed by atoms with Crippen molar-refractivity contribution < 1.29 is 14.6 Å². The van der Waals surface area contributed by atoms with Crippen LogP contribution in [-0.4, -0.2) is 21.8 Å². The van der Waals surface area contributed by atoms with Crippen LogP contribution in [0.25, 0.3) is 11.1 Å². The third-order valence-electron chi connectivity index (χ3n) is 4.65. The van der Waals surface area contributed by atoms with Gasteiger partial charge in [0.25, 0.3) is 5.97 Å². The number of benzene rings is 2. The predicted molar refractivity (Wildman–Crippen MR) is 125 cm³/mol. The number of aliphatic carboxylic acids is 1.